The molecule has 0 saturated heterocycles. The van der Waals surface area contributed by atoms with Crippen LogP contribution in [0.3, 0.4) is 0 Å². The van der Waals surface area contributed by atoms with Gasteiger partial charge in [-0.1, -0.05) is 45.9 Å². The van der Waals surface area contributed by atoms with Crippen molar-refractivity contribution in [1.82, 2.24) is 10.2 Å². The van der Waals surface area contributed by atoms with E-state index in [1.807, 2.05) is 0 Å². The second-order valence-electron chi connectivity index (χ2n) is 6.05. The lowest BCUT2D eigenvalue weighted by molar-refractivity contribution is 0.0514. The molecule has 2 heteroatoms. The van der Waals surface area contributed by atoms with Crippen molar-refractivity contribution in [3.8, 4) is 0 Å². The molecule has 1 N–H and O–H groups in total. The van der Waals surface area contributed by atoms with E-state index < -0.39 is 0 Å². The summed E-state index contributed by atoms with van der Waals surface area (Å²) in [4.78, 5) is 2.63. The zero-order chi connectivity index (χ0) is 16.0. The maximum atomic E-state index is 3.62. The Morgan fingerprint density at radius 2 is 1.57 bits per heavy atom. The van der Waals surface area contributed by atoms with Gasteiger partial charge in [0.1, 0.15) is 0 Å². The first kappa shape index (κ1) is 18.2. The fraction of sp³-hybridized carbons (Fsp3) is 0.684. The third kappa shape index (κ3) is 3.49. The van der Waals surface area contributed by atoms with Gasteiger partial charge in [0.25, 0.3) is 0 Å². The van der Waals surface area contributed by atoms with E-state index in [1.54, 1.807) is 0 Å². The van der Waals surface area contributed by atoms with Gasteiger partial charge in [0.2, 0.25) is 0 Å². The van der Waals surface area contributed by atoms with E-state index in [2.05, 4.69) is 77.0 Å². The van der Waals surface area contributed by atoms with E-state index in [0.717, 1.165) is 25.9 Å². The molecule has 0 spiro atoms. The van der Waals surface area contributed by atoms with Crippen molar-refractivity contribution >= 4 is 0 Å². The molecule has 0 bridgehead atoms. The summed E-state index contributed by atoms with van der Waals surface area (Å²) in [6, 6.07) is 7.28. The third-order valence-electron chi connectivity index (χ3n) is 5.31. The van der Waals surface area contributed by atoms with Gasteiger partial charge in [0, 0.05) is 5.54 Å². The molecule has 0 aliphatic heterocycles. The van der Waals surface area contributed by atoms with Gasteiger partial charge in [-0.25, -0.2) is 0 Å². The average Bonchev–Trinajstić information content (AvgIpc) is 2.50. The van der Waals surface area contributed by atoms with Crippen molar-refractivity contribution in [1.29, 1.82) is 0 Å². The van der Waals surface area contributed by atoms with E-state index >= 15 is 0 Å². The van der Waals surface area contributed by atoms with E-state index in [4.69, 9.17) is 0 Å². The van der Waals surface area contributed by atoms with Crippen molar-refractivity contribution in [2.24, 2.45) is 0 Å². The maximum Gasteiger partial charge on any atom is 0.0504 e. The molecule has 0 fully saturated rings. The van der Waals surface area contributed by atoms with Crippen LogP contribution in [0.5, 0.6) is 0 Å². The Morgan fingerprint density at radius 3 is 1.95 bits per heavy atom. The van der Waals surface area contributed by atoms with Crippen molar-refractivity contribution in [3.05, 3.63) is 34.9 Å². The largest absolute Gasteiger partial charge is 0.311 e. The highest BCUT2D eigenvalue weighted by molar-refractivity contribution is 5.33. The molecule has 0 aromatic heterocycles. The van der Waals surface area contributed by atoms with Crippen molar-refractivity contribution < 1.29 is 0 Å². The topological polar surface area (TPSA) is 15.3 Å². The third-order valence-corrected chi connectivity index (χ3v) is 5.31. The lowest BCUT2D eigenvalue weighted by Gasteiger charge is -2.48. The predicted molar refractivity (Wildman–Crippen MR) is 94.0 cm³/mol. The Labute approximate surface area is 131 Å². The normalized spacial score (nSPS) is 13.7. The van der Waals surface area contributed by atoms with Gasteiger partial charge >= 0.3 is 0 Å². The molecule has 120 valence electrons. The Bertz CT molecular complexity index is 431. The number of rotatable bonds is 8. The molecule has 0 radical (unpaired) electrons. The first-order valence-electron chi connectivity index (χ1n) is 8.50. The molecule has 0 amide bonds. The lowest BCUT2D eigenvalue weighted by atomic mass is 9.78. The van der Waals surface area contributed by atoms with Gasteiger partial charge in [-0.2, -0.15) is 0 Å². The minimum Gasteiger partial charge on any atom is -0.311 e. The zero-order valence-electron chi connectivity index (χ0n) is 15.1. The molecule has 2 nitrogen and oxygen atoms in total. The monoisotopic (exact) mass is 290 g/mol. The fourth-order valence-electron chi connectivity index (χ4n) is 3.83. The molecular weight excluding hydrogens is 256 g/mol. The van der Waals surface area contributed by atoms with Crippen LogP contribution in [0.15, 0.2) is 18.2 Å². The highest BCUT2D eigenvalue weighted by atomic mass is 15.2. The summed E-state index contributed by atoms with van der Waals surface area (Å²) in [7, 11) is 2.10. The van der Waals surface area contributed by atoms with Crippen molar-refractivity contribution in [2.75, 3.05) is 20.1 Å². The van der Waals surface area contributed by atoms with E-state index in [0.29, 0.717) is 6.04 Å². The number of likely N-dealkylation sites (N-methyl/N-ethyl adjacent to an activating group) is 2. The van der Waals surface area contributed by atoms with Crippen LogP contribution in [0.1, 0.15) is 63.3 Å². The summed E-state index contributed by atoms with van der Waals surface area (Å²) in [6.45, 7) is 15.8. The summed E-state index contributed by atoms with van der Waals surface area (Å²) in [5.41, 5.74) is 4.35. The molecule has 1 atom stereocenters. The molecule has 21 heavy (non-hydrogen) atoms. The van der Waals surface area contributed by atoms with Crippen LogP contribution >= 0.6 is 0 Å². The van der Waals surface area contributed by atoms with Crippen LogP contribution in [0, 0.1) is 13.8 Å². The van der Waals surface area contributed by atoms with E-state index in [-0.39, 0.29) is 5.54 Å². The second kappa shape index (κ2) is 7.95. The highest BCUT2D eigenvalue weighted by Crippen LogP contribution is 2.37. The van der Waals surface area contributed by atoms with Gasteiger partial charge in [-0.05, 0) is 63.5 Å². The van der Waals surface area contributed by atoms with Crippen LogP contribution in [-0.2, 0) is 0 Å². The summed E-state index contributed by atoms with van der Waals surface area (Å²) in [5, 5.41) is 3.62. The molecule has 1 aromatic rings. The van der Waals surface area contributed by atoms with Gasteiger partial charge < -0.3 is 5.32 Å². The Balaban J connectivity index is 3.33. The number of benzene rings is 1. The predicted octanol–water partition coefficient (Wildman–Crippen LogP) is 4.46. The van der Waals surface area contributed by atoms with Crippen LogP contribution in [0.2, 0.25) is 0 Å². The quantitative estimate of drug-likeness (QED) is 0.760. The number of aryl methyl sites for hydroxylation is 2. The molecule has 0 heterocycles. The van der Waals surface area contributed by atoms with Crippen molar-refractivity contribution in [2.45, 2.75) is 66.0 Å². The Morgan fingerprint density at radius 1 is 1.00 bits per heavy atom. The second-order valence-corrected chi connectivity index (χ2v) is 6.05. The first-order chi connectivity index (χ1) is 10.00. The van der Waals surface area contributed by atoms with Crippen molar-refractivity contribution in [3.63, 3.8) is 0 Å². The van der Waals surface area contributed by atoms with Gasteiger partial charge in [-0.15, -0.1) is 0 Å². The summed E-state index contributed by atoms with van der Waals surface area (Å²) < 4.78 is 0. The minimum atomic E-state index is 0.181. The lowest BCUT2D eigenvalue weighted by Crippen LogP contribution is -2.55. The van der Waals surface area contributed by atoms with Gasteiger partial charge in [0.15, 0.2) is 0 Å². The molecule has 1 rings (SSSR count). The number of hydrogen-bond donors (Lipinski definition) is 1. The molecule has 1 aromatic carbocycles. The van der Waals surface area contributed by atoms with Crippen LogP contribution in [0.25, 0.3) is 0 Å². The zero-order valence-corrected chi connectivity index (χ0v) is 15.1. The number of nitrogens with zero attached hydrogens (tertiary/aromatic N) is 1. The number of hydrogen-bond acceptors (Lipinski definition) is 2. The summed E-state index contributed by atoms with van der Waals surface area (Å²) >= 11 is 0. The van der Waals surface area contributed by atoms with Crippen LogP contribution in [0.4, 0.5) is 0 Å². The smallest absolute Gasteiger partial charge is 0.0504 e. The molecule has 0 saturated carbocycles. The standard InChI is InChI=1S/C19H34N2/c1-8-19(9-2,21(10-3)11-4)18(20-7)17-13-12-15(5)16(6)14-17/h12-14,18,20H,8-11H2,1-7H3. The Hall–Kier alpha value is -0.860. The van der Waals surface area contributed by atoms with Crippen LogP contribution < -0.4 is 5.32 Å². The minimum absolute atomic E-state index is 0.181. The molecule has 0 aliphatic rings. The maximum absolute atomic E-state index is 3.62. The Kier molecular flexibility index (Phi) is 6.89. The number of nitrogens with one attached hydrogen (secondary N) is 1. The fourth-order valence-corrected chi connectivity index (χ4v) is 3.83. The summed E-state index contributed by atoms with van der Waals surface area (Å²) in [6.07, 6.45) is 2.31. The molecular formula is C19H34N2. The average molecular weight is 290 g/mol. The SMILES string of the molecule is CCN(CC)C(CC)(CC)C(NC)c1ccc(C)c(C)c1. The van der Waals surface area contributed by atoms with E-state index in [1.165, 1.54) is 16.7 Å². The van der Waals surface area contributed by atoms with Crippen LogP contribution in [-0.4, -0.2) is 30.6 Å². The van der Waals surface area contributed by atoms with E-state index in [9.17, 15) is 0 Å². The molecule has 1 unspecified atom stereocenters. The molecule has 0 aliphatic carbocycles. The first-order valence-corrected chi connectivity index (χ1v) is 8.50. The highest BCUT2D eigenvalue weighted by Gasteiger charge is 2.39. The van der Waals surface area contributed by atoms with Gasteiger partial charge in [0.05, 0.1) is 6.04 Å². The van der Waals surface area contributed by atoms with Gasteiger partial charge in [-0.3, -0.25) is 4.90 Å². The summed E-state index contributed by atoms with van der Waals surface area (Å²) in [5.74, 6) is 0.